The maximum absolute atomic E-state index is 14.5. The Morgan fingerprint density at radius 2 is 1.72 bits per heavy atom. The first-order valence-electron chi connectivity index (χ1n) is 19.1. The van der Waals surface area contributed by atoms with Crippen LogP contribution in [0.1, 0.15) is 85.7 Å². The Bertz CT molecular complexity index is 1830. The van der Waals surface area contributed by atoms with Gasteiger partial charge in [0.1, 0.15) is 18.2 Å². The number of alkyl halides is 2. The summed E-state index contributed by atoms with van der Waals surface area (Å²) in [4.78, 5) is 67.0. The third-order valence-electron chi connectivity index (χ3n) is 11.4. The number of morpholine rings is 1. The highest BCUT2D eigenvalue weighted by Crippen LogP contribution is 2.59. The predicted octanol–water partition coefficient (Wildman–Crippen LogP) is 6.36. The minimum Gasteiger partial charge on any atom is -0.370 e. The van der Waals surface area contributed by atoms with Crippen LogP contribution in [-0.4, -0.2) is 100 Å². The van der Waals surface area contributed by atoms with Gasteiger partial charge in [-0.25, -0.2) is 0 Å². The minimum absolute atomic E-state index is 0.128. The number of ether oxygens (including phenoxy) is 1. The van der Waals surface area contributed by atoms with Crippen LogP contribution in [0.4, 0.5) is 8.78 Å². The van der Waals surface area contributed by atoms with Crippen LogP contribution >= 0.6 is 18.9 Å². The van der Waals surface area contributed by atoms with E-state index in [4.69, 9.17) is 4.74 Å². The highest BCUT2D eigenvalue weighted by Gasteiger charge is 2.50. The van der Waals surface area contributed by atoms with Gasteiger partial charge in [-0.1, -0.05) is 63.1 Å². The van der Waals surface area contributed by atoms with Gasteiger partial charge in [-0.05, 0) is 86.2 Å². The summed E-state index contributed by atoms with van der Waals surface area (Å²) in [5.41, 5.74) is -4.26. The monoisotopic (exact) mass is 788 g/mol. The van der Waals surface area contributed by atoms with Crippen molar-refractivity contribution in [2.45, 2.75) is 82.6 Å². The number of benzene rings is 2. The first kappa shape index (κ1) is 40.4. The molecule has 3 saturated heterocycles. The molecule has 3 atom stereocenters. The minimum atomic E-state index is -5.78. The Hall–Kier alpha value is -3.26. The molecule has 0 bridgehead atoms. The summed E-state index contributed by atoms with van der Waals surface area (Å²) in [6, 6.07) is 12.8. The zero-order chi connectivity index (χ0) is 38.6. The second-order valence-corrected chi connectivity index (χ2v) is 17.6. The van der Waals surface area contributed by atoms with E-state index in [0.717, 1.165) is 74.4 Å². The number of thiophene rings is 1. The number of halogens is 2. The quantitative estimate of drug-likeness (QED) is 0.170. The van der Waals surface area contributed by atoms with E-state index in [-0.39, 0.29) is 34.1 Å². The van der Waals surface area contributed by atoms with Gasteiger partial charge in [-0.2, -0.15) is 8.78 Å². The smallest absolute Gasteiger partial charge is 0.370 e. The standard InChI is InChI=1S/C39H51F2N4O7PS/c1-3-26(4-2)24-43-17-14-27(15-18-43)21-31(42-36(46)35-23-29-22-30(12-13-34(29)54-35)39(40,41)53(49,50)51)37(47)45-16-8-11-32(45)38(48)44-19-20-52-33(25-44)28-9-6-5-7-10-28/h5-7,9-10,12-13,22-23,26-27,31-33H,3-4,8,11,14-21,24-25H2,1-2H3,(H,42,46)(H2,49,50,51)/t31?,32-,33-/m0/s1. The van der Waals surface area contributed by atoms with Crippen molar-refractivity contribution in [1.82, 2.24) is 20.0 Å². The number of nitrogens with one attached hydrogen (secondary N) is 1. The van der Waals surface area contributed by atoms with Crippen LogP contribution in [0.3, 0.4) is 0 Å². The zero-order valence-corrected chi connectivity index (χ0v) is 32.6. The summed E-state index contributed by atoms with van der Waals surface area (Å²) in [6.07, 6.45) is 5.30. The molecule has 6 rings (SSSR count). The van der Waals surface area contributed by atoms with Crippen LogP contribution in [0, 0.1) is 11.8 Å². The van der Waals surface area contributed by atoms with Gasteiger partial charge in [0.15, 0.2) is 0 Å². The maximum atomic E-state index is 14.5. The van der Waals surface area contributed by atoms with Crippen LogP contribution in [0.15, 0.2) is 54.6 Å². The molecule has 1 unspecified atom stereocenters. The molecule has 0 spiro atoms. The summed E-state index contributed by atoms with van der Waals surface area (Å²) in [7, 11) is -5.78. The van der Waals surface area contributed by atoms with Crippen molar-refractivity contribution in [2.24, 2.45) is 11.8 Å². The van der Waals surface area contributed by atoms with E-state index < -0.39 is 36.8 Å². The second-order valence-electron chi connectivity index (χ2n) is 14.9. The fourth-order valence-corrected chi connectivity index (χ4v) is 9.45. The van der Waals surface area contributed by atoms with E-state index in [9.17, 15) is 37.5 Å². The van der Waals surface area contributed by atoms with E-state index in [2.05, 4.69) is 24.1 Å². The third kappa shape index (κ3) is 9.06. The molecule has 3 aliphatic rings. The SMILES string of the molecule is CCC(CC)CN1CCC(CC(NC(=O)c2cc3cc(C(F)(F)P(=O)(O)O)ccc3s2)C(=O)N2CCC[C@H]2C(=O)N2CCO[C@H](c3ccccc3)C2)CC1. The number of rotatable bonds is 13. The van der Waals surface area contributed by atoms with Crippen molar-refractivity contribution >= 4 is 46.7 Å². The van der Waals surface area contributed by atoms with Gasteiger partial charge in [-0.3, -0.25) is 18.9 Å². The topological polar surface area (TPSA) is 140 Å². The van der Waals surface area contributed by atoms with Crippen LogP contribution in [0.2, 0.25) is 0 Å². The fourth-order valence-electron chi connectivity index (χ4n) is 8.03. The number of amides is 3. The van der Waals surface area contributed by atoms with Crippen molar-refractivity contribution in [3.05, 3.63) is 70.6 Å². The van der Waals surface area contributed by atoms with E-state index in [0.29, 0.717) is 56.1 Å². The molecule has 4 heterocycles. The molecule has 3 aliphatic heterocycles. The fraction of sp³-hybridized carbons (Fsp3) is 0.564. The molecule has 3 amide bonds. The molecule has 3 N–H and O–H groups in total. The van der Waals surface area contributed by atoms with Crippen molar-refractivity contribution in [2.75, 3.05) is 45.9 Å². The highest BCUT2D eigenvalue weighted by atomic mass is 32.1. The molecular formula is C39H51F2N4O7PS. The number of carbonyl (C=O) groups is 3. The molecule has 3 aromatic rings. The number of carbonyl (C=O) groups excluding carboxylic acids is 3. The Morgan fingerprint density at radius 1 is 1.00 bits per heavy atom. The first-order chi connectivity index (χ1) is 25.8. The summed E-state index contributed by atoms with van der Waals surface area (Å²) in [5, 5.41) is 3.20. The van der Waals surface area contributed by atoms with E-state index in [1.165, 1.54) is 12.1 Å². The van der Waals surface area contributed by atoms with E-state index in [1.807, 2.05) is 30.3 Å². The van der Waals surface area contributed by atoms with Gasteiger partial charge in [0.25, 0.3) is 5.91 Å². The van der Waals surface area contributed by atoms with Gasteiger partial charge >= 0.3 is 13.3 Å². The molecular weight excluding hydrogens is 737 g/mol. The number of likely N-dealkylation sites (tertiary alicyclic amines) is 2. The predicted molar refractivity (Wildman–Crippen MR) is 203 cm³/mol. The van der Waals surface area contributed by atoms with Gasteiger partial charge in [-0.15, -0.1) is 11.3 Å². The molecule has 1 aromatic heterocycles. The molecule has 0 saturated carbocycles. The molecule has 15 heteroatoms. The van der Waals surface area contributed by atoms with Crippen molar-refractivity contribution in [3.8, 4) is 0 Å². The second kappa shape index (κ2) is 17.3. The molecule has 3 fully saturated rings. The number of piperidine rings is 1. The van der Waals surface area contributed by atoms with Gasteiger partial charge in [0, 0.05) is 29.9 Å². The maximum Gasteiger partial charge on any atom is 0.399 e. The lowest BCUT2D eigenvalue weighted by Crippen LogP contribution is -2.56. The van der Waals surface area contributed by atoms with E-state index >= 15 is 0 Å². The Morgan fingerprint density at radius 3 is 2.41 bits per heavy atom. The number of fused-ring (bicyclic) bond motifs is 1. The van der Waals surface area contributed by atoms with Crippen molar-refractivity contribution < 1.29 is 42.3 Å². The number of hydrogen-bond donors (Lipinski definition) is 3. The number of hydrogen-bond acceptors (Lipinski definition) is 7. The lowest BCUT2D eigenvalue weighted by molar-refractivity contribution is -0.149. The largest absolute Gasteiger partial charge is 0.399 e. The van der Waals surface area contributed by atoms with Crippen molar-refractivity contribution in [1.29, 1.82) is 0 Å². The lowest BCUT2D eigenvalue weighted by atomic mass is 9.88. The summed E-state index contributed by atoms with van der Waals surface area (Å²) in [6.45, 7) is 8.84. The van der Waals surface area contributed by atoms with Crippen LogP contribution in [-0.2, 0) is 24.6 Å². The zero-order valence-electron chi connectivity index (χ0n) is 30.9. The summed E-state index contributed by atoms with van der Waals surface area (Å²) < 4.78 is 47.0. The van der Waals surface area contributed by atoms with Gasteiger partial charge < -0.3 is 34.5 Å². The average Bonchev–Trinajstić information content (AvgIpc) is 3.85. The molecule has 2 aromatic carbocycles. The van der Waals surface area contributed by atoms with Crippen LogP contribution < -0.4 is 5.32 Å². The van der Waals surface area contributed by atoms with Gasteiger partial charge in [0.2, 0.25) is 11.8 Å². The van der Waals surface area contributed by atoms with Crippen LogP contribution in [0.5, 0.6) is 0 Å². The summed E-state index contributed by atoms with van der Waals surface area (Å²) in [5.74, 6) is -0.187. The highest BCUT2D eigenvalue weighted by molar-refractivity contribution is 7.52. The van der Waals surface area contributed by atoms with Crippen LogP contribution in [0.25, 0.3) is 10.1 Å². The molecule has 54 heavy (non-hydrogen) atoms. The Labute approximate surface area is 319 Å². The first-order valence-corrected chi connectivity index (χ1v) is 21.5. The lowest BCUT2D eigenvalue weighted by Gasteiger charge is -2.38. The average molecular weight is 789 g/mol. The van der Waals surface area contributed by atoms with Crippen molar-refractivity contribution in [3.63, 3.8) is 0 Å². The molecule has 0 radical (unpaired) electrons. The molecule has 11 nitrogen and oxygen atoms in total. The van der Waals surface area contributed by atoms with E-state index in [1.54, 1.807) is 9.80 Å². The third-order valence-corrected chi connectivity index (χ3v) is 13.5. The Balaban J connectivity index is 1.20. The Kier molecular flexibility index (Phi) is 12.9. The van der Waals surface area contributed by atoms with Gasteiger partial charge in [0.05, 0.1) is 18.0 Å². The summed E-state index contributed by atoms with van der Waals surface area (Å²) >= 11 is 1.04. The molecule has 294 valence electrons. The number of nitrogens with zero attached hydrogens (tertiary/aromatic N) is 3. The normalized spacial score (nSPS) is 21.2. The molecule has 0 aliphatic carbocycles.